The number of amides is 1. The van der Waals surface area contributed by atoms with Gasteiger partial charge in [0.2, 0.25) is 5.91 Å². The van der Waals surface area contributed by atoms with Crippen LogP contribution in [0.15, 0.2) is 24.5 Å². The predicted molar refractivity (Wildman–Crippen MR) is 55.8 cm³/mol. The zero-order valence-electron chi connectivity index (χ0n) is 8.23. The van der Waals surface area contributed by atoms with Crippen molar-refractivity contribution < 1.29 is 4.79 Å². The topological polar surface area (TPSA) is 68.0 Å². The second-order valence-corrected chi connectivity index (χ2v) is 3.30. The number of nitrogens with one attached hydrogen (secondary N) is 1. The SMILES string of the molecule is CC(N)CCC(=O)Nc1ccncc1. The third kappa shape index (κ3) is 4.00. The highest BCUT2D eigenvalue weighted by Gasteiger charge is 2.03. The third-order valence-corrected chi connectivity index (χ3v) is 1.79. The van der Waals surface area contributed by atoms with Gasteiger partial charge in [-0.1, -0.05) is 0 Å². The van der Waals surface area contributed by atoms with E-state index in [1.807, 2.05) is 6.92 Å². The minimum Gasteiger partial charge on any atom is -0.328 e. The fourth-order valence-corrected chi connectivity index (χ4v) is 1.02. The van der Waals surface area contributed by atoms with Crippen molar-refractivity contribution in [3.05, 3.63) is 24.5 Å². The van der Waals surface area contributed by atoms with Crippen molar-refractivity contribution >= 4 is 11.6 Å². The van der Waals surface area contributed by atoms with Crippen molar-refractivity contribution in [3.63, 3.8) is 0 Å². The molecule has 4 heteroatoms. The highest BCUT2D eigenvalue weighted by Crippen LogP contribution is 2.04. The van der Waals surface area contributed by atoms with E-state index in [9.17, 15) is 4.79 Å². The van der Waals surface area contributed by atoms with E-state index in [1.54, 1.807) is 24.5 Å². The highest BCUT2D eigenvalue weighted by molar-refractivity contribution is 5.90. The molecule has 76 valence electrons. The lowest BCUT2D eigenvalue weighted by molar-refractivity contribution is -0.116. The number of nitrogens with zero attached hydrogens (tertiary/aromatic N) is 1. The van der Waals surface area contributed by atoms with Crippen LogP contribution in [0.2, 0.25) is 0 Å². The van der Waals surface area contributed by atoms with Gasteiger partial charge in [-0.15, -0.1) is 0 Å². The van der Waals surface area contributed by atoms with Crippen LogP contribution in [0.25, 0.3) is 0 Å². The van der Waals surface area contributed by atoms with Crippen LogP contribution >= 0.6 is 0 Å². The number of pyridine rings is 1. The maximum absolute atomic E-state index is 11.3. The predicted octanol–water partition coefficient (Wildman–Crippen LogP) is 1.15. The molecule has 1 atom stereocenters. The molecule has 1 unspecified atom stereocenters. The number of carbonyl (C=O) groups is 1. The Morgan fingerprint density at radius 1 is 1.57 bits per heavy atom. The van der Waals surface area contributed by atoms with Gasteiger partial charge in [-0.25, -0.2) is 0 Å². The molecule has 0 saturated heterocycles. The number of rotatable bonds is 4. The van der Waals surface area contributed by atoms with Gasteiger partial charge >= 0.3 is 0 Å². The number of hydrogen-bond donors (Lipinski definition) is 2. The van der Waals surface area contributed by atoms with E-state index in [0.29, 0.717) is 12.8 Å². The molecule has 3 N–H and O–H groups in total. The molecule has 0 fully saturated rings. The monoisotopic (exact) mass is 193 g/mol. The maximum atomic E-state index is 11.3. The summed E-state index contributed by atoms with van der Waals surface area (Å²) in [6.07, 6.45) is 4.44. The molecule has 0 saturated carbocycles. The van der Waals surface area contributed by atoms with Crippen LogP contribution < -0.4 is 11.1 Å². The van der Waals surface area contributed by atoms with Crippen LogP contribution in [0.5, 0.6) is 0 Å². The molecule has 1 aromatic heterocycles. The molecule has 1 rings (SSSR count). The Labute approximate surface area is 83.5 Å². The average Bonchev–Trinajstić information content (AvgIpc) is 2.16. The minimum atomic E-state index is -0.00602. The summed E-state index contributed by atoms with van der Waals surface area (Å²) in [6.45, 7) is 1.89. The van der Waals surface area contributed by atoms with E-state index in [4.69, 9.17) is 5.73 Å². The Morgan fingerprint density at radius 2 is 2.21 bits per heavy atom. The molecule has 0 aliphatic rings. The summed E-state index contributed by atoms with van der Waals surface area (Å²) in [6, 6.07) is 3.58. The molecule has 1 amide bonds. The second kappa shape index (κ2) is 5.34. The molecule has 0 aliphatic carbocycles. The number of hydrogen-bond acceptors (Lipinski definition) is 3. The summed E-state index contributed by atoms with van der Waals surface area (Å²) in [4.78, 5) is 15.2. The quantitative estimate of drug-likeness (QED) is 0.753. The number of anilines is 1. The molecule has 1 heterocycles. The lowest BCUT2D eigenvalue weighted by atomic mass is 10.2. The number of aromatic nitrogens is 1. The van der Waals surface area contributed by atoms with Gasteiger partial charge in [0.1, 0.15) is 0 Å². The summed E-state index contributed by atoms with van der Waals surface area (Å²) < 4.78 is 0. The summed E-state index contributed by atoms with van der Waals surface area (Å²) in [7, 11) is 0. The molecule has 0 bridgehead atoms. The molecular weight excluding hydrogens is 178 g/mol. The van der Waals surface area contributed by atoms with Crippen LogP contribution in [-0.4, -0.2) is 16.9 Å². The zero-order valence-corrected chi connectivity index (χ0v) is 8.23. The van der Waals surface area contributed by atoms with Gasteiger partial charge in [-0.05, 0) is 25.5 Å². The minimum absolute atomic E-state index is 0.00602. The van der Waals surface area contributed by atoms with Crippen LogP contribution in [0.1, 0.15) is 19.8 Å². The molecule has 4 nitrogen and oxygen atoms in total. The van der Waals surface area contributed by atoms with Crippen molar-refractivity contribution in [2.24, 2.45) is 5.73 Å². The summed E-state index contributed by atoms with van der Waals surface area (Å²) >= 11 is 0. The molecule has 0 aliphatic heterocycles. The van der Waals surface area contributed by atoms with E-state index < -0.39 is 0 Å². The Morgan fingerprint density at radius 3 is 2.79 bits per heavy atom. The van der Waals surface area contributed by atoms with Gasteiger partial charge in [-0.2, -0.15) is 0 Å². The van der Waals surface area contributed by atoms with Crippen LogP contribution in [0.4, 0.5) is 5.69 Å². The highest BCUT2D eigenvalue weighted by atomic mass is 16.1. The van der Waals surface area contributed by atoms with Gasteiger partial charge in [0.05, 0.1) is 0 Å². The van der Waals surface area contributed by atoms with Gasteiger partial charge in [0.25, 0.3) is 0 Å². The Kier molecular flexibility index (Phi) is 4.07. The van der Waals surface area contributed by atoms with Gasteiger partial charge < -0.3 is 11.1 Å². The molecule has 0 aromatic carbocycles. The van der Waals surface area contributed by atoms with Crippen molar-refractivity contribution in [2.45, 2.75) is 25.8 Å². The van der Waals surface area contributed by atoms with E-state index in [1.165, 1.54) is 0 Å². The van der Waals surface area contributed by atoms with Crippen LogP contribution in [-0.2, 0) is 4.79 Å². The van der Waals surface area contributed by atoms with E-state index in [2.05, 4.69) is 10.3 Å². The standard InChI is InChI=1S/C10H15N3O/c1-8(11)2-3-10(14)13-9-4-6-12-7-5-9/h4-8H,2-3,11H2,1H3,(H,12,13,14). The number of carbonyl (C=O) groups excluding carboxylic acids is 1. The summed E-state index contributed by atoms with van der Waals surface area (Å²) in [5.41, 5.74) is 6.32. The smallest absolute Gasteiger partial charge is 0.224 e. The first-order valence-corrected chi connectivity index (χ1v) is 4.64. The van der Waals surface area contributed by atoms with Crippen molar-refractivity contribution in [2.75, 3.05) is 5.32 Å². The maximum Gasteiger partial charge on any atom is 0.224 e. The molecular formula is C10H15N3O. The molecule has 1 aromatic rings. The first-order chi connectivity index (χ1) is 6.68. The number of nitrogens with two attached hydrogens (primary N) is 1. The summed E-state index contributed by atoms with van der Waals surface area (Å²) in [5.74, 6) is -0.00602. The largest absolute Gasteiger partial charge is 0.328 e. The first-order valence-electron chi connectivity index (χ1n) is 4.64. The molecule has 0 radical (unpaired) electrons. The van der Waals surface area contributed by atoms with Crippen LogP contribution in [0.3, 0.4) is 0 Å². The first kappa shape index (κ1) is 10.7. The lowest BCUT2D eigenvalue weighted by Crippen LogP contribution is -2.19. The van der Waals surface area contributed by atoms with Gasteiger partial charge in [0.15, 0.2) is 0 Å². The van der Waals surface area contributed by atoms with Crippen molar-refractivity contribution in [1.29, 1.82) is 0 Å². The second-order valence-electron chi connectivity index (χ2n) is 3.30. The lowest BCUT2D eigenvalue weighted by Gasteiger charge is -2.06. The van der Waals surface area contributed by atoms with Gasteiger partial charge in [-0.3, -0.25) is 9.78 Å². The summed E-state index contributed by atoms with van der Waals surface area (Å²) in [5, 5.41) is 2.76. The van der Waals surface area contributed by atoms with Gasteiger partial charge in [0, 0.05) is 30.5 Å². The van der Waals surface area contributed by atoms with Crippen molar-refractivity contribution in [1.82, 2.24) is 4.98 Å². The zero-order chi connectivity index (χ0) is 10.4. The molecule has 14 heavy (non-hydrogen) atoms. The fraction of sp³-hybridized carbons (Fsp3) is 0.400. The Bertz CT molecular complexity index is 285. The fourth-order valence-electron chi connectivity index (χ4n) is 1.02. The van der Waals surface area contributed by atoms with Crippen LogP contribution in [0, 0.1) is 0 Å². The third-order valence-electron chi connectivity index (χ3n) is 1.79. The normalized spacial score (nSPS) is 12.1. The van der Waals surface area contributed by atoms with E-state index >= 15 is 0 Å². The Hall–Kier alpha value is -1.42. The van der Waals surface area contributed by atoms with E-state index in [-0.39, 0.29) is 11.9 Å². The van der Waals surface area contributed by atoms with E-state index in [0.717, 1.165) is 5.69 Å². The average molecular weight is 193 g/mol. The van der Waals surface area contributed by atoms with Crippen molar-refractivity contribution in [3.8, 4) is 0 Å². The Balaban J connectivity index is 2.35. The molecule has 0 spiro atoms.